The molecule has 0 aliphatic heterocycles. The molecule has 2 aromatic rings. The van der Waals surface area contributed by atoms with Crippen LogP contribution >= 0.6 is 15.9 Å². The van der Waals surface area contributed by atoms with E-state index in [4.69, 9.17) is 15.2 Å². The van der Waals surface area contributed by atoms with Crippen LogP contribution in [0.3, 0.4) is 0 Å². The molecule has 7 heteroatoms. The fourth-order valence-corrected chi connectivity index (χ4v) is 2.35. The molecule has 6 nitrogen and oxygen atoms in total. The summed E-state index contributed by atoms with van der Waals surface area (Å²) in [5, 5.41) is 10.5. The van der Waals surface area contributed by atoms with Crippen molar-refractivity contribution in [1.29, 1.82) is 0 Å². The normalized spacial score (nSPS) is 13.2. The highest BCUT2D eigenvalue weighted by molar-refractivity contribution is 9.10. The van der Waals surface area contributed by atoms with Gasteiger partial charge in [-0.25, -0.2) is 9.78 Å². The Morgan fingerprint density at radius 2 is 2.05 bits per heavy atom. The number of carbonyl (C=O) groups excluding carboxylic acids is 1. The Kier molecular flexibility index (Phi) is 5.35. The molecular weight excluding hydrogens is 352 g/mol. The maximum Gasteiger partial charge on any atom is 0.405 e. The molecule has 1 heterocycles. The van der Waals surface area contributed by atoms with Crippen molar-refractivity contribution < 1.29 is 19.4 Å². The van der Waals surface area contributed by atoms with Crippen LogP contribution in [-0.2, 0) is 4.74 Å². The summed E-state index contributed by atoms with van der Waals surface area (Å²) in [7, 11) is 1.53. The molecule has 2 atom stereocenters. The highest BCUT2D eigenvalue weighted by atomic mass is 79.9. The molecule has 0 spiro atoms. The molecule has 116 valence electrons. The summed E-state index contributed by atoms with van der Waals surface area (Å²) < 4.78 is 10.7. The van der Waals surface area contributed by atoms with Gasteiger partial charge in [0.1, 0.15) is 16.5 Å². The number of aromatic nitrogens is 1. The third kappa shape index (κ3) is 3.96. The first kappa shape index (κ1) is 16.3. The number of benzene rings is 1. The van der Waals surface area contributed by atoms with Gasteiger partial charge in [-0.15, -0.1) is 0 Å². The maximum atomic E-state index is 11.2. The van der Waals surface area contributed by atoms with Gasteiger partial charge in [-0.1, -0.05) is 18.2 Å². The van der Waals surface area contributed by atoms with E-state index in [1.165, 1.54) is 7.11 Å². The van der Waals surface area contributed by atoms with E-state index >= 15 is 0 Å². The molecule has 0 aliphatic carbocycles. The monoisotopic (exact) mass is 366 g/mol. The van der Waals surface area contributed by atoms with Crippen molar-refractivity contribution >= 4 is 22.0 Å². The van der Waals surface area contributed by atoms with E-state index in [1.54, 1.807) is 42.5 Å². The molecule has 1 aromatic carbocycles. The second-order valence-corrected chi connectivity index (χ2v) is 5.28. The van der Waals surface area contributed by atoms with Gasteiger partial charge in [-0.2, -0.15) is 0 Å². The molecule has 0 aliphatic rings. The number of halogens is 1. The summed E-state index contributed by atoms with van der Waals surface area (Å²) in [5.74, 6) is 0.580. The van der Waals surface area contributed by atoms with Gasteiger partial charge in [-0.3, -0.25) is 0 Å². The number of hydrogen-bond donors (Lipinski definition) is 2. The first-order chi connectivity index (χ1) is 10.5. The summed E-state index contributed by atoms with van der Waals surface area (Å²) in [5.41, 5.74) is 6.00. The number of rotatable bonds is 5. The minimum absolute atomic E-state index is 0.378. The van der Waals surface area contributed by atoms with Crippen LogP contribution in [0.5, 0.6) is 5.75 Å². The number of primary amides is 1. The standard InChI is InChI=1S/C15H15BrN2O4/c1-21-10-5-2-4-9(8-10)13(19)14(22-15(17)20)11-6-3-7-12(16)18-11/h2-8,13-14,19H,1H3,(H2,17,20)/t13-,14-/m1/s1. The Labute approximate surface area is 136 Å². The van der Waals surface area contributed by atoms with Crippen LogP contribution in [0.15, 0.2) is 47.1 Å². The smallest absolute Gasteiger partial charge is 0.405 e. The summed E-state index contributed by atoms with van der Waals surface area (Å²) >= 11 is 3.24. The maximum absolute atomic E-state index is 11.2. The second kappa shape index (κ2) is 7.24. The lowest BCUT2D eigenvalue weighted by Crippen LogP contribution is -2.23. The van der Waals surface area contributed by atoms with Gasteiger partial charge in [0.15, 0.2) is 6.10 Å². The van der Waals surface area contributed by atoms with E-state index in [-0.39, 0.29) is 0 Å². The number of aliphatic hydroxyl groups is 1. The number of ether oxygens (including phenoxy) is 2. The van der Waals surface area contributed by atoms with Crippen molar-refractivity contribution in [3.63, 3.8) is 0 Å². The lowest BCUT2D eigenvalue weighted by Gasteiger charge is -2.22. The van der Waals surface area contributed by atoms with Gasteiger partial charge in [0.05, 0.1) is 12.8 Å². The molecule has 2 rings (SSSR count). The summed E-state index contributed by atoms with van der Waals surface area (Å²) in [6, 6.07) is 11.9. The highest BCUT2D eigenvalue weighted by Crippen LogP contribution is 2.33. The van der Waals surface area contributed by atoms with E-state index in [2.05, 4.69) is 20.9 Å². The van der Waals surface area contributed by atoms with Crippen LogP contribution in [0.2, 0.25) is 0 Å². The largest absolute Gasteiger partial charge is 0.497 e. The number of amides is 1. The first-order valence-corrected chi connectivity index (χ1v) is 7.21. The van der Waals surface area contributed by atoms with Crippen LogP contribution < -0.4 is 10.5 Å². The quantitative estimate of drug-likeness (QED) is 0.793. The predicted octanol–water partition coefficient (Wildman–Crippen LogP) is 2.72. The number of carbonyl (C=O) groups is 1. The zero-order chi connectivity index (χ0) is 16.1. The van der Waals surface area contributed by atoms with Crippen LogP contribution in [0, 0.1) is 0 Å². The minimum atomic E-state index is -1.13. The van der Waals surface area contributed by atoms with Crippen LogP contribution in [0.4, 0.5) is 4.79 Å². The van der Waals surface area contributed by atoms with E-state index in [1.807, 2.05) is 0 Å². The number of hydrogen-bond acceptors (Lipinski definition) is 5. The Hall–Kier alpha value is -2.12. The Morgan fingerprint density at radius 1 is 1.32 bits per heavy atom. The second-order valence-electron chi connectivity index (χ2n) is 4.46. The number of nitrogens with two attached hydrogens (primary N) is 1. The first-order valence-electron chi connectivity index (χ1n) is 6.42. The zero-order valence-corrected chi connectivity index (χ0v) is 13.4. The topological polar surface area (TPSA) is 94.7 Å². The summed E-state index contributed by atoms with van der Waals surface area (Å²) in [6.07, 6.45) is -3.15. The Morgan fingerprint density at radius 3 is 2.68 bits per heavy atom. The molecule has 1 amide bonds. The van der Waals surface area contributed by atoms with Crippen LogP contribution in [-0.4, -0.2) is 23.3 Å². The van der Waals surface area contributed by atoms with Gasteiger partial charge < -0.3 is 20.3 Å². The molecule has 0 bridgehead atoms. The van der Waals surface area contributed by atoms with E-state index < -0.39 is 18.3 Å². The SMILES string of the molecule is COc1cccc([C@@H](O)[C@H](OC(N)=O)c2cccc(Br)n2)c1. The van der Waals surface area contributed by atoms with Crippen molar-refractivity contribution in [1.82, 2.24) is 4.98 Å². The van der Waals surface area contributed by atoms with Gasteiger partial charge in [-0.05, 0) is 45.8 Å². The Balaban J connectivity index is 2.37. The predicted molar refractivity (Wildman–Crippen MR) is 83.3 cm³/mol. The van der Waals surface area contributed by atoms with Gasteiger partial charge in [0.25, 0.3) is 0 Å². The minimum Gasteiger partial charge on any atom is -0.497 e. The number of nitrogens with zero attached hydrogens (tertiary/aromatic N) is 1. The third-order valence-corrected chi connectivity index (χ3v) is 3.44. The average Bonchev–Trinajstić information content (AvgIpc) is 2.52. The molecule has 0 unspecified atom stereocenters. The van der Waals surface area contributed by atoms with Crippen molar-refractivity contribution in [3.05, 3.63) is 58.3 Å². The average molecular weight is 367 g/mol. The molecule has 1 aromatic heterocycles. The molecule has 0 radical (unpaired) electrons. The lowest BCUT2D eigenvalue weighted by atomic mass is 10.0. The lowest BCUT2D eigenvalue weighted by molar-refractivity contribution is 0.00126. The van der Waals surface area contributed by atoms with Crippen molar-refractivity contribution in [3.8, 4) is 5.75 Å². The van der Waals surface area contributed by atoms with Gasteiger partial charge >= 0.3 is 6.09 Å². The number of pyridine rings is 1. The summed E-state index contributed by atoms with van der Waals surface area (Å²) in [6.45, 7) is 0. The number of methoxy groups -OCH3 is 1. The van der Waals surface area contributed by atoms with Crippen molar-refractivity contribution in [2.45, 2.75) is 12.2 Å². The van der Waals surface area contributed by atoms with Gasteiger partial charge in [0.2, 0.25) is 0 Å². The molecule has 0 saturated carbocycles. The molecule has 3 N–H and O–H groups in total. The third-order valence-electron chi connectivity index (χ3n) is 2.99. The summed E-state index contributed by atoms with van der Waals surface area (Å²) in [4.78, 5) is 15.4. The fraction of sp³-hybridized carbons (Fsp3) is 0.200. The van der Waals surface area contributed by atoms with Gasteiger partial charge in [0, 0.05) is 0 Å². The fourth-order valence-electron chi connectivity index (χ4n) is 1.99. The Bertz CT molecular complexity index is 665. The number of aliphatic hydroxyl groups excluding tert-OH is 1. The zero-order valence-electron chi connectivity index (χ0n) is 11.8. The molecule has 0 fully saturated rings. The van der Waals surface area contributed by atoms with Crippen LogP contribution in [0.1, 0.15) is 23.5 Å². The highest BCUT2D eigenvalue weighted by Gasteiger charge is 2.27. The van der Waals surface area contributed by atoms with E-state index in [9.17, 15) is 9.90 Å². The molecule has 22 heavy (non-hydrogen) atoms. The molecule has 0 saturated heterocycles. The van der Waals surface area contributed by atoms with E-state index in [0.717, 1.165) is 0 Å². The van der Waals surface area contributed by atoms with E-state index in [0.29, 0.717) is 21.6 Å². The van der Waals surface area contributed by atoms with Crippen LogP contribution in [0.25, 0.3) is 0 Å². The molecular formula is C15H15BrN2O4. The van der Waals surface area contributed by atoms with Crippen molar-refractivity contribution in [2.24, 2.45) is 5.73 Å². The van der Waals surface area contributed by atoms with Crippen molar-refractivity contribution in [2.75, 3.05) is 7.11 Å².